The van der Waals surface area contributed by atoms with E-state index in [1.807, 2.05) is 47.4 Å². The highest BCUT2D eigenvalue weighted by molar-refractivity contribution is 7.18. The van der Waals surface area contributed by atoms with Crippen molar-refractivity contribution in [2.45, 2.75) is 38.1 Å². The number of nitrogens with zero attached hydrogens (tertiary/aromatic N) is 3. The largest absolute Gasteiger partial charge is 0.340 e. The number of carbonyl (C=O) groups excluding carboxylic acids is 1. The number of para-hydroxylation sites is 3. The van der Waals surface area contributed by atoms with Crippen molar-refractivity contribution in [3.63, 3.8) is 0 Å². The number of nitrogens with one attached hydrogen (secondary N) is 1. The molecule has 142 valence electrons. The lowest BCUT2D eigenvalue weighted by molar-refractivity contribution is -0.132. The Bertz CT molecular complexity index is 1070. The van der Waals surface area contributed by atoms with Crippen LogP contribution >= 0.6 is 11.3 Å². The molecule has 5 nitrogen and oxygen atoms in total. The van der Waals surface area contributed by atoms with Crippen LogP contribution in [0.2, 0.25) is 0 Å². The van der Waals surface area contributed by atoms with Crippen LogP contribution in [0.25, 0.3) is 21.3 Å². The maximum atomic E-state index is 12.9. The zero-order chi connectivity index (χ0) is 18.9. The smallest absolute Gasteiger partial charge is 0.223 e. The number of rotatable bonds is 5. The number of carbonyl (C=O) groups is 1. The molecule has 2 aromatic carbocycles. The predicted octanol–water partition coefficient (Wildman–Crippen LogP) is 4.86. The third-order valence-electron chi connectivity index (χ3n) is 5.42. The number of imidazole rings is 1. The summed E-state index contributed by atoms with van der Waals surface area (Å²) in [6.45, 7) is 0.821. The van der Waals surface area contributed by atoms with Gasteiger partial charge in [-0.25, -0.2) is 9.97 Å². The van der Waals surface area contributed by atoms with E-state index < -0.39 is 0 Å². The van der Waals surface area contributed by atoms with E-state index in [9.17, 15) is 4.79 Å². The molecule has 0 spiro atoms. The van der Waals surface area contributed by atoms with Crippen LogP contribution in [0.5, 0.6) is 0 Å². The minimum absolute atomic E-state index is 0.0716. The topological polar surface area (TPSA) is 61.9 Å². The van der Waals surface area contributed by atoms with E-state index in [4.69, 9.17) is 4.98 Å². The Morgan fingerprint density at radius 3 is 2.79 bits per heavy atom. The third kappa shape index (κ3) is 3.29. The number of aromatic amines is 1. The maximum absolute atomic E-state index is 12.9. The van der Waals surface area contributed by atoms with Gasteiger partial charge in [0.05, 0.1) is 32.3 Å². The minimum atomic E-state index is 0.0716. The van der Waals surface area contributed by atoms with Gasteiger partial charge >= 0.3 is 0 Å². The number of hydrogen-bond donors (Lipinski definition) is 1. The van der Waals surface area contributed by atoms with E-state index in [1.165, 1.54) is 4.70 Å². The Morgan fingerprint density at radius 1 is 1.11 bits per heavy atom. The zero-order valence-electron chi connectivity index (χ0n) is 15.6. The molecule has 1 aliphatic rings. The molecule has 0 aliphatic carbocycles. The van der Waals surface area contributed by atoms with Crippen LogP contribution in [0.1, 0.15) is 42.6 Å². The fourth-order valence-corrected chi connectivity index (χ4v) is 5.05. The number of benzene rings is 2. The first kappa shape index (κ1) is 17.4. The first-order chi connectivity index (χ1) is 13.8. The molecule has 6 heteroatoms. The van der Waals surface area contributed by atoms with Crippen molar-refractivity contribution in [3.05, 3.63) is 59.4 Å². The van der Waals surface area contributed by atoms with Crippen LogP contribution in [0.4, 0.5) is 0 Å². The summed E-state index contributed by atoms with van der Waals surface area (Å²) in [4.78, 5) is 27.7. The Hall–Kier alpha value is -2.73. The summed E-state index contributed by atoms with van der Waals surface area (Å²) in [7, 11) is 0. The van der Waals surface area contributed by atoms with Crippen LogP contribution in [0.15, 0.2) is 48.5 Å². The summed E-state index contributed by atoms with van der Waals surface area (Å²) in [6.07, 6.45) is 4.26. The first-order valence-electron chi connectivity index (χ1n) is 9.86. The number of fused-ring (bicyclic) bond motifs is 2. The van der Waals surface area contributed by atoms with Crippen molar-refractivity contribution in [1.29, 1.82) is 0 Å². The number of hydrogen-bond acceptors (Lipinski definition) is 4. The van der Waals surface area contributed by atoms with E-state index in [1.54, 1.807) is 11.3 Å². The quantitative estimate of drug-likeness (QED) is 0.529. The van der Waals surface area contributed by atoms with Crippen molar-refractivity contribution in [3.8, 4) is 0 Å². The Balaban J connectivity index is 1.24. The van der Waals surface area contributed by atoms with Gasteiger partial charge in [-0.3, -0.25) is 4.79 Å². The fraction of sp³-hybridized carbons (Fsp3) is 0.318. The molecule has 28 heavy (non-hydrogen) atoms. The Morgan fingerprint density at radius 2 is 1.93 bits per heavy atom. The highest BCUT2D eigenvalue weighted by atomic mass is 32.1. The predicted molar refractivity (Wildman–Crippen MR) is 112 cm³/mol. The lowest BCUT2D eigenvalue weighted by Gasteiger charge is -2.23. The molecular weight excluding hydrogens is 368 g/mol. The number of amides is 1. The van der Waals surface area contributed by atoms with E-state index in [0.717, 1.165) is 59.6 Å². The van der Waals surface area contributed by atoms with Gasteiger partial charge in [0.1, 0.15) is 5.82 Å². The van der Waals surface area contributed by atoms with Gasteiger partial charge in [0.2, 0.25) is 5.91 Å². The van der Waals surface area contributed by atoms with Crippen LogP contribution in [0.3, 0.4) is 0 Å². The van der Waals surface area contributed by atoms with Crippen LogP contribution in [-0.2, 0) is 11.2 Å². The van der Waals surface area contributed by atoms with Crippen molar-refractivity contribution in [2.24, 2.45) is 0 Å². The second-order valence-electron chi connectivity index (χ2n) is 7.31. The Kier molecular flexibility index (Phi) is 4.56. The molecule has 5 rings (SSSR count). The van der Waals surface area contributed by atoms with E-state index in [-0.39, 0.29) is 11.9 Å². The molecule has 1 atom stereocenters. The van der Waals surface area contributed by atoms with Crippen molar-refractivity contribution in [2.75, 3.05) is 6.54 Å². The summed E-state index contributed by atoms with van der Waals surface area (Å²) in [5.74, 6) is 1.14. The third-order valence-corrected chi connectivity index (χ3v) is 6.51. The van der Waals surface area contributed by atoms with Gasteiger partial charge in [-0.15, -0.1) is 11.3 Å². The van der Waals surface area contributed by atoms with Gasteiger partial charge in [0, 0.05) is 13.0 Å². The fourth-order valence-electron chi connectivity index (χ4n) is 4.04. The Labute approximate surface area is 167 Å². The highest BCUT2D eigenvalue weighted by Crippen LogP contribution is 2.32. The maximum Gasteiger partial charge on any atom is 0.223 e. The minimum Gasteiger partial charge on any atom is -0.340 e. The highest BCUT2D eigenvalue weighted by Gasteiger charge is 2.31. The number of aromatic nitrogens is 3. The number of aryl methyl sites for hydroxylation is 1. The van der Waals surface area contributed by atoms with Gasteiger partial charge in [0.15, 0.2) is 0 Å². The summed E-state index contributed by atoms with van der Waals surface area (Å²) < 4.78 is 1.22. The molecule has 1 N–H and O–H groups in total. The van der Waals surface area contributed by atoms with Gasteiger partial charge in [-0.05, 0) is 49.9 Å². The summed E-state index contributed by atoms with van der Waals surface area (Å²) >= 11 is 1.73. The summed E-state index contributed by atoms with van der Waals surface area (Å²) in [5.41, 5.74) is 3.05. The normalized spacial score (nSPS) is 17.0. The van der Waals surface area contributed by atoms with E-state index >= 15 is 0 Å². The molecule has 0 bridgehead atoms. The van der Waals surface area contributed by atoms with Gasteiger partial charge in [-0.1, -0.05) is 24.3 Å². The van der Waals surface area contributed by atoms with Crippen LogP contribution in [-0.4, -0.2) is 32.3 Å². The number of thiazole rings is 1. The molecule has 1 fully saturated rings. The second-order valence-corrected chi connectivity index (χ2v) is 8.43. The summed E-state index contributed by atoms with van der Waals surface area (Å²) in [6, 6.07) is 16.3. The van der Waals surface area contributed by atoms with Gasteiger partial charge in [0.25, 0.3) is 0 Å². The standard InChI is InChI=1S/C22H22N4OS/c27-21(13-5-12-20-23-17-9-3-4-11-19(17)28-20)26-14-6-10-18(26)22-24-15-7-1-2-8-16(15)25-22/h1-4,7-9,11,18H,5-6,10,12-14H2,(H,24,25). The van der Waals surface area contributed by atoms with Gasteiger partial charge in [-0.2, -0.15) is 0 Å². The molecule has 0 radical (unpaired) electrons. The molecule has 4 aromatic rings. The SMILES string of the molecule is O=C(CCCc1nc2ccccc2s1)N1CCCC1c1nc2ccccc2[nH]1. The average molecular weight is 391 g/mol. The molecule has 3 heterocycles. The average Bonchev–Trinajstić information content (AvgIpc) is 3.43. The number of H-pyrrole nitrogens is 1. The van der Waals surface area contributed by atoms with Crippen LogP contribution in [0, 0.1) is 0 Å². The molecule has 1 saturated heterocycles. The molecule has 1 amide bonds. The van der Waals surface area contributed by atoms with Crippen LogP contribution < -0.4 is 0 Å². The number of likely N-dealkylation sites (tertiary alicyclic amines) is 1. The molecule has 2 aromatic heterocycles. The zero-order valence-corrected chi connectivity index (χ0v) is 16.4. The first-order valence-corrected chi connectivity index (χ1v) is 10.7. The monoisotopic (exact) mass is 390 g/mol. The van der Waals surface area contributed by atoms with E-state index in [2.05, 4.69) is 16.0 Å². The van der Waals surface area contributed by atoms with Crippen molar-refractivity contribution >= 4 is 38.5 Å². The van der Waals surface area contributed by atoms with Crippen molar-refractivity contribution < 1.29 is 4.79 Å². The van der Waals surface area contributed by atoms with Crippen molar-refractivity contribution in [1.82, 2.24) is 19.9 Å². The lowest BCUT2D eigenvalue weighted by atomic mass is 10.2. The lowest BCUT2D eigenvalue weighted by Crippen LogP contribution is -2.30. The molecule has 1 aliphatic heterocycles. The summed E-state index contributed by atoms with van der Waals surface area (Å²) in [5, 5.41) is 1.12. The van der Waals surface area contributed by atoms with Gasteiger partial charge < -0.3 is 9.88 Å². The molecule has 0 saturated carbocycles. The van der Waals surface area contributed by atoms with E-state index in [0.29, 0.717) is 6.42 Å². The molecular formula is C22H22N4OS. The molecule has 1 unspecified atom stereocenters. The second kappa shape index (κ2) is 7.36.